The zero-order chi connectivity index (χ0) is 16.3. The topological polar surface area (TPSA) is 128 Å². The van der Waals surface area contributed by atoms with Crippen LogP contribution in [0.3, 0.4) is 0 Å². The summed E-state index contributed by atoms with van der Waals surface area (Å²) in [6, 6.07) is 7.94. The molecule has 0 aliphatic heterocycles. The van der Waals surface area contributed by atoms with Crippen LogP contribution >= 0.6 is 0 Å². The third kappa shape index (κ3) is 3.80. The van der Waals surface area contributed by atoms with E-state index in [1.807, 2.05) is 0 Å². The minimum atomic E-state index is -3.75. The summed E-state index contributed by atoms with van der Waals surface area (Å²) in [5, 5.41) is 8.15. The number of primary sulfonamides is 1. The van der Waals surface area contributed by atoms with Crippen LogP contribution in [-0.2, 0) is 16.6 Å². The summed E-state index contributed by atoms with van der Waals surface area (Å²) >= 11 is 0. The summed E-state index contributed by atoms with van der Waals surface area (Å²) in [5.41, 5.74) is 7.55. The van der Waals surface area contributed by atoms with Crippen molar-refractivity contribution >= 4 is 21.6 Å². The molecule has 8 heteroatoms. The standard InChI is InChI=1S/C14H16N4O3S/c1-9-5-13(12(8-17-9)14(15)19)18-7-10-3-2-4-11(6-10)22(16,20)21/h2-6,8H,7H2,1H3,(H2,15,19)(H,17,18)(H2,16,20,21). The van der Waals surface area contributed by atoms with E-state index in [0.717, 1.165) is 5.69 Å². The molecule has 0 unspecified atom stereocenters. The fourth-order valence-electron chi connectivity index (χ4n) is 1.93. The van der Waals surface area contributed by atoms with E-state index >= 15 is 0 Å². The van der Waals surface area contributed by atoms with E-state index in [1.165, 1.54) is 18.3 Å². The molecule has 0 bridgehead atoms. The van der Waals surface area contributed by atoms with Gasteiger partial charge in [0.05, 0.1) is 16.1 Å². The van der Waals surface area contributed by atoms with Crippen LogP contribution in [0.15, 0.2) is 41.4 Å². The number of nitrogens with one attached hydrogen (secondary N) is 1. The quantitative estimate of drug-likeness (QED) is 0.748. The van der Waals surface area contributed by atoms with E-state index in [4.69, 9.17) is 10.9 Å². The number of aromatic nitrogens is 1. The van der Waals surface area contributed by atoms with Crippen LogP contribution in [0.1, 0.15) is 21.6 Å². The number of hydrogen-bond donors (Lipinski definition) is 3. The third-order valence-electron chi connectivity index (χ3n) is 3.02. The number of primary amides is 1. The van der Waals surface area contributed by atoms with Gasteiger partial charge < -0.3 is 11.1 Å². The number of hydrogen-bond acceptors (Lipinski definition) is 5. The molecule has 2 rings (SSSR count). The van der Waals surface area contributed by atoms with Crippen molar-refractivity contribution in [1.82, 2.24) is 4.98 Å². The van der Waals surface area contributed by atoms with Gasteiger partial charge in [0, 0.05) is 18.4 Å². The second kappa shape index (κ2) is 6.12. The maximum Gasteiger partial charge on any atom is 0.252 e. The van der Waals surface area contributed by atoms with E-state index in [0.29, 0.717) is 17.8 Å². The van der Waals surface area contributed by atoms with Crippen LogP contribution in [0.25, 0.3) is 0 Å². The number of anilines is 1. The number of carbonyl (C=O) groups is 1. The molecular weight excluding hydrogens is 304 g/mol. The number of carbonyl (C=O) groups excluding carboxylic acids is 1. The summed E-state index contributed by atoms with van der Waals surface area (Å²) in [5.74, 6) is -0.590. The van der Waals surface area contributed by atoms with Gasteiger partial charge in [-0.3, -0.25) is 9.78 Å². The van der Waals surface area contributed by atoms with E-state index in [-0.39, 0.29) is 10.5 Å². The first kappa shape index (κ1) is 15.9. The van der Waals surface area contributed by atoms with Crippen molar-refractivity contribution in [1.29, 1.82) is 0 Å². The highest BCUT2D eigenvalue weighted by molar-refractivity contribution is 7.89. The lowest BCUT2D eigenvalue weighted by atomic mass is 10.1. The SMILES string of the molecule is Cc1cc(NCc2cccc(S(N)(=O)=O)c2)c(C(N)=O)cn1. The van der Waals surface area contributed by atoms with Crippen molar-refractivity contribution in [3.05, 3.63) is 53.3 Å². The Bertz CT molecular complexity index is 819. The predicted octanol–water partition coefficient (Wildman–Crippen LogP) is 0.748. The highest BCUT2D eigenvalue weighted by atomic mass is 32.2. The number of benzene rings is 1. The van der Waals surface area contributed by atoms with Gasteiger partial charge in [0.2, 0.25) is 10.0 Å². The molecule has 0 saturated heterocycles. The van der Waals surface area contributed by atoms with Crippen molar-refractivity contribution < 1.29 is 13.2 Å². The molecule has 0 spiro atoms. The van der Waals surface area contributed by atoms with Crippen LogP contribution in [0.4, 0.5) is 5.69 Å². The Hall–Kier alpha value is -2.45. The Balaban J connectivity index is 2.24. The van der Waals surface area contributed by atoms with Gasteiger partial charge in [0.15, 0.2) is 0 Å². The molecule has 1 aromatic carbocycles. The van der Waals surface area contributed by atoms with E-state index in [2.05, 4.69) is 10.3 Å². The molecule has 0 aliphatic rings. The zero-order valence-corrected chi connectivity index (χ0v) is 12.7. The largest absolute Gasteiger partial charge is 0.380 e. The molecule has 0 radical (unpaired) electrons. The fourth-order valence-corrected chi connectivity index (χ4v) is 2.52. The van der Waals surface area contributed by atoms with Gasteiger partial charge in [-0.2, -0.15) is 0 Å². The fraction of sp³-hybridized carbons (Fsp3) is 0.143. The van der Waals surface area contributed by atoms with Crippen molar-refractivity contribution in [3.63, 3.8) is 0 Å². The van der Waals surface area contributed by atoms with Gasteiger partial charge in [-0.15, -0.1) is 0 Å². The molecule has 116 valence electrons. The molecular formula is C14H16N4O3S. The second-order valence-corrected chi connectivity index (χ2v) is 6.34. The van der Waals surface area contributed by atoms with Gasteiger partial charge in [0.1, 0.15) is 0 Å². The van der Waals surface area contributed by atoms with Crippen molar-refractivity contribution in [2.75, 3.05) is 5.32 Å². The molecule has 5 N–H and O–H groups in total. The summed E-state index contributed by atoms with van der Waals surface area (Å²) in [6.07, 6.45) is 1.40. The maximum absolute atomic E-state index is 11.4. The molecule has 0 fully saturated rings. The summed E-state index contributed by atoms with van der Waals surface area (Å²) in [4.78, 5) is 15.4. The monoisotopic (exact) mass is 320 g/mol. The van der Waals surface area contributed by atoms with Gasteiger partial charge in [-0.25, -0.2) is 13.6 Å². The van der Waals surface area contributed by atoms with Crippen LogP contribution in [0.2, 0.25) is 0 Å². The van der Waals surface area contributed by atoms with E-state index in [1.54, 1.807) is 25.1 Å². The first-order valence-electron chi connectivity index (χ1n) is 6.39. The zero-order valence-electron chi connectivity index (χ0n) is 11.9. The molecule has 2 aromatic rings. The predicted molar refractivity (Wildman–Crippen MR) is 82.6 cm³/mol. The van der Waals surface area contributed by atoms with Gasteiger partial charge in [-0.05, 0) is 30.7 Å². The highest BCUT2D eigenvalue weighted by Gasteiger charge is 2.10. The summed E-state index contributed by atoms with van der Waals surface area (Å²) < 4.78 is 22.7. The minimum absolute atomic E-state index is 0.0350. The number of pyridine rings is 1. The Morgan fingerprint density at radius 1 is 1.32 bits per heavy atom. The van der Waals surface area contributed by atoms with Gasteiger partial charge in [0.25, 0.3) is 5.91 Å². The lowest BCUT2D eigenvalue weighted by molar-refractivity contribution is 0.100. The molecule has 0 aliphatic carbocycles. The third-order valence-corrected chi connectivity index (χ3v) is 3.93. The lowest BCUT2D eigenvalue weighted by Gasteiger charge is -2.11. The van der Waals surface area contributed by atoms with Crippen molar-refractivity contribution in [3.8, 4) is 0 Å². The van der Waals surface area contributed by atoms with E-state index < -0.39 is 15.9 Å². The average Bonchev–Trinajstić information content (AvgIpc) is 2.44. The molecule has 22 heavy (non-hydrogen) atoms. The molecule has 1 amide bonds. The number of rotatable bonds is 5. The van der Waals surface area contributed by atoms with E-state index in [9.17, 15) is 13.2 Å². The first-order valence-corrected chi connectivity index (χ1v) is 7.94. The van der Waals surface area contributed by atoms with Crippen molar-refractivity contribution in [2.45, 2.75) is 18.4 Å². The average molecular weight is 320 g/mol. The molecule has 1 heterocycles. The summed E-state index contributed by atoms with van der Waals surface area (Å²) in [6.45, 7) is 2.10. The minimum Gasteiger partial charge on any atom is -0.380 e. The Kier molecular flexibility index (Phi) is 4.43. The van der Waals surface area contributed by atoms with Crippen LogP contribution < -0.4 is 16.2 Å². The molecule has 7 nitrogen and oxygen atoms in total. The smallest absolute Gasteiger partial charge is 0.252 e. The van der Waals surface area contributed by atoms with Crippen molar-refractivity contribution in [2.24, 2.45) is 10.9 Å². The second-order valence-electron chi connectivity index (χ2n) is 4.78. The Morgan fingerprint density at radius 3 is 2.68 bits per heavy atom. The Morgan fingerprint density at radius 2 is 2.05 bits per heavy atom. The maximum atomic E-state index is 11.4. The number of aryl methyl sites for hydroxylation is 1. The molecule has 0 atom stereocenters. The normalized spacial score (nSPS) is 11.2. The lowest BCUT2D eigenvalue weighted by Crippen LogP contribution is -2.15. The first-order chi connectivity index (χ1) is 10.3. The van der Waals surface area contributed by atoms with Gasteiger partial charge >= 0.3 is 0 Å². The molecule has 0 saturated carbocycles. The molecule has 1 aromatic heterocycles. The number of amides is 1. The number of nitrogens with zero attached hydrogens (tertiary/aromatic N) is 1. The van der Waals surface area contributed by atoms with Crippen LogP contribution in [0, 0.1) is 6.92 Å². The van der Waals surface area contributed by atoms with Crippen LogP contribution in [0.5, 0.6) is 0 Å². The highest BCUT2D eigenvalue weighted by Crippen LogP contribution is 2.17. The summed E-state index contributed by atoms with van der Waals surface area (Å²) in [7, 11) is -3.75. The number of nitrogens with two attached hydrogens (primary N) is 2. The van der Waals surface area contributed by atoms with Crippen LogP contribution in [-0.4, -0.2) is 19.3 Å². The van der Waals surface area contributed by atoms with Gasteiger partial charge in [-0.1, -0.05) is 12.1 Å². The Labute approximate surface area is 128 Å². The number of sulfonamides is 1.